The first kappa shape index (κ1) is 19.2. The average molecular weight is 406 g/mol. The summed E-state index contributed by atoms with van der Waals surface area (Å²) in [5, 5.41) is 1.35. The number of ether oxygens (including phenoxy) is 1. The van der Waals surface area contributed by atoms with E-state index < -0.39 is 11.7 Å². The van der Waals surface area contributed by atoms with Crippen molar-refractivity contribution in [3.8, 4) is 22.4 Å². The van der Waals surface area contributed by atoms with E-state index in [2.05, 4.69) is 9.97 Å². The Kier molecular flexibility index (Phi) is 4.84. The molecule has 0 aliphatic rings. The van der Waals surface area contributed by atoms with E-state index in [0.717, 1.165) is 22.1 Å². The average Bonchev–Trinajstić information content (AvgIpc) is 3.09. The number of aromatic nitrogens is 3. The molecule has 4 aromatic rings. The molecule has 0 saturated carbocycles. The van der Waals surface area contributed by atoms with Crippen LogP contribution >= 0.6 is 11.6 Å². The second kappa shape index (κ2) is 7.33. The van der Waals surface area contributed by atoms with Gasteiger partial charge in [0.25, 0.3) is 0 Å². The highest BCUT2D eigenvalue weighted by molar-refractivity contribution is 6.38. The Morgan fingerprint density at radius 2 is 1.52 bits per heavy atom. The minimum atomic E-state index is -0.621. The van der Waals surface area contributed by atoms with Crippen molar-refractivity contribution in [3.63, 3.8) is 0 Å². The maximum absolute atomic E-state index is 13.1. The summed E-state index contributed by atoms with van der Waals surface area (Å²) in [6.45, 7) is 5.53. The summed E-state index contributed by atoms with van der Waals surface area (Å²) < 4.78 is 7.23. The molecule has 6 heteroatoms. The van der Waals surface area contributed by atoms with E-state index in [1.54, 1.807) is 29.4 Å². The Hall–Kier alpha value is -3.18. The Morgan fingerprint density at radius 1 is 0.931 bits per heavy atom. The van der Waals surface area contributed by atoms with Crippen molar-refractivity contribution in [3.05, 3.63) is 72.3 Å². The second-order valence-corrected chi connectivity index (χ2v) is 8.05. The molecule has 1 aromatic carbocycles. The molecule has 0 unspecified atom stereocenters. The molecule has 0 radical (unpaired) electrons. The van der Waals surface area contributed by atoms with Gasteiger partial charge in [0.15, 0.2) is 0 Å². The van der Waals surface area contributed by atoms with Gasteiger partial charge in [-0.3, -0.25) is 9.97 Å². The number of hydrogen-bond acceptors (Lipinski definition) is 4. The van der Waals surface area contributed by atoms with Gasteiger partial charge in [-0.25, -0.2) is 9.36 Å². The van der Waals surface area contributed by atoms with Crippen LogP contribution in [-0.4, -0.2) is 26.2 Å². The number of carbonyl (C=O) groups excluding carboxylic acids is 1. The molecule has 29 heavy (non-hydrogen) atoms. The Morgan fingerprint density at radius 3 is 2.10 bits per heavy atom. The van der Waals surface area contributed by atoms with Crippen LogP contribution < -0.4 is 0 Å². The molecule has 4 rings (SSSR count). The van der Waals surface area contributed by atoms with Gasteiger partial charge < -0.3 is 4.74 Å². The SMILES string of the molecule is CC(C)(C)OC(=O)n1c(-c2ccncc2)cc2c(Cl)c(-c3ccncc3)ccc21. The van der Waals surface area contributed by atoms with Gasteiger partial charge in [-0.1, -0.05) is 17.7 Å². The largest absolute Gasteiger partial charge is 0.443 e. The van der Waals surface area contributed by atoms with Gasteiger partial charge in [0.05, 0.1) is 16.2 Å². The molecule has 5 nitrogen and oxygen atoms in total. The van der Waals surface area contributed by atoms with Gasteiger partial charge >= 0.3 is 6.09 Å². The lowest BCUT2D eigenvalue weighted by atomic mass is 10.0. The van der Waals surface area contributed by atoms with Gasteiger partial charge in [0.1, 0.15) is 5.60 Å². The van der Waals surface area contributed by atoms with Crippen LogP contribution in [0.4, 0.5) is 4.79 Å². The van der Waals surface area contributed by atoms with Crippen LogP contribution in [0.5, 0.6) is 0 Å². The molecule has 146 valence electrons. The van der Waals surface area contributed by atoms with Gasteiger partial charge in [0, 0.05) is 41.3 Å². The minimum absolute atomic E-state index is 0.452. The summed E-state index contributed by atoms with van der Waals surface area (Å²) in [6.07, 6.45) is 6.38. The highest BCUT2D eigenvalue weighted by atomic mass is 35.5. The van der Waals surface area contributed by atoms with E-state index in [0.29, 0.717) is 16.2 Å². The number of carbonyl (C=O) groups is 1. The Balaban J connectivity index is 1.96. The fraction of sp³-hybridized carbons (Fsp3) is 0.174. The summed E-state index contributed by atoms with van der Waals surface area (Å²) in [5.74, 6) is 0. The third kappa shape index (κ3) is 3.74. The normalized spacial score (nSPS) is 11.6. The molecule has 0 aliphatic carbocycles. The number of fused-ring (bicyclic) bond motifs is 1. The topological polar surface area (TPSA) is 57.0 Å². The molecule has 0 amide bonds. The summed E-state index contributed by atoms with van der Waals surface area (Å²) in [5.41, 5.74) is 3.46. The first-order valence-corrected chi connectivity index (χ1v) is 9.61. The monoisotopic (exact) mass is 405 g/mol. The van der Waals surface area contributed by atoms with Crippen molar-refractivity contribution in [2.45, 2.75) is 26.4 Å². The number of benzene rings is 1. The molecule has 3 heterocycles. The van der Waals surface area contributed by atoms with Crippen LogP contribution in [0.3, 0.4) is 0 Å². The van der Waals surface area contributed by atoms with Crippen molar-refractivity contribution in [1.29, 1.82) is 0 Å². The van der Waals surface area contributed by atoms with Gasteiger partial charge in [-0.15, -0.1) is 0 Å². The molecule has 0 spiro atoms. The number of halogens is 1. The molecule has 3 aromatic heterocycles. The zero-order valence-electron chi connectivity index (χ0n) is 16.4. The van der Waals surface area contributed by atoms with E-state index in [1.807, 2.05) is 63.2 Å². The van der Waals surface area contributed by atoms with Crippen LogP contribution in [0.1, 0.15) is 20.8 Å². The zero-order valence-corrected chi connectivity index (χ0v) is 17.1. The maximum Gasteiger partial charge on any atom is 0.419 e. The van der Waals surface area contributed by atoms with Crippen LogP contribution in [0, 0.1) is 0 Å². The van der Waals surface area contributed by atoms with Crippen LogP contribution in [0.25, 0.3) is 33.3 Å². The highest BCUT2D eigenvalue weighted by Gasteiger charge is 2.24. The van der Waals surface area contributed by atoms with Gasteiger partial charge in [0.2, 0.25) is 0 Å². The van der Waals surface area contributed by atoms with Crippen LogP contribution in [0.15, 0.2) is 67.3 Å². The predicted molar refractivity (Wildman–Crippen MR) is 115 cm³/mol. The third-order valence-electron chi connectivity index (χ3n) is 4.46. The summed E-state index contributed by atoms with van der Waals surface area (Å²) in [6, 6.07) is 13.2. The number of pyridine rings is 2. The lowest BCUT2D eigenvalue weighted by molar-refractivity contribution is 0.0547. The lowest BCUT2D eigenvalue weighted by Crippen LogP contribution is -2.27. The number of nitrogens with zero attached hydrogens (tertiary/aromatic N) is 3. The molecule has 0 aliphatic heterocycles. The first-order chi connectivity index (χ1) is 13.8. The fourth-order valence-corrected chi connectivity index (χ4v) is 3.56. The predicted octanol–water partition coefficient (Wildman–Crippen LogP) is 6.20. The third-order valence-corrected chi connectivity index (χ3v) is 4.87. The number of rotatable bonds is 2. The first-order valence-electron chi connectivity index (χ1n) is 9.23. The van der Waals surface area contributed by atoms with Crippen molar-refractivity contribution in [2.75, 3.05) is 0 Å². The molecule has 0 saturated heterocycles. The van der Waals surface area contributed by atoms with Crippen molar-refractivity contribution < 1.29 is 9.53 Å². The molecular formula is C23H20ClN3O2. The van der Waals surface area contributed by atoms with E-state index in [1.165, 1.54) is 0 Å². The molecular weight excluding hydrogens is 386 g/mol. The molecule has 0 bridgehead atoms. The molecule has 0 fully saturated rings. The van der Waals surface area contributed by atoms with Gasteiger partial charge in [-0.2, -0.15) is 0 Å². The van der Waals surface area contributed by atoms with Crippen molar-refractivity contribution >= 4 is 28.6 Å². The fourth-order valence-electron chi connectivity index (χ4n) is 3.24. The van der Waals surface area contributed by atoms with Crippen molar-refractivity contribution in [1.82, 2.24) is 14.5 Å². The van der Waals surface area contributed by atoms with Crippen LogP contribution in [-0.2, 0) is 4.74 Å². The maximum atomic E-state index is 13.1. The summed E-state index contributed by atoms with van der Waals surface area (Å²) in [4.78, 5) is 21.2. The second-order valence-electron chi connectivity index (χ2n) is 7.68. The van der Waals surface area contributed by atoms with Crippen LogP contribution in [0.2, 0.25) is 5.02 Å². The Labute approximate surface area is 173 Å². The van der Waals surface area contributed by atoms with E-state index in [9.17, 15) is 4.79 Å². The Bertz CT molecular complexity index is 1180. The highest BCUT2D eigenvalue weighted by Crippen LogP contribution is 2.38. The van der Waals surface area contributed by atoms with E-state index in [4.69, 9.17) is 16.3 Å². The smallest absolute Gasteiger partial charge is 0.419 e. The van der Waals surface area contributed by atoms with Gasteiger partial charge in [-0.05, 0) is 62.7 Å². The molecule has 0 atom stereocenters. The van der Waals surface area contributed by atoms with E-state index in [-0.39, 0.29) is 0 Å². The lowest BCUT2D eigenvalue weighted by Gasteiger charge is -2.21. The van der Waals surface area contributed by atoms with E-state index >= 15 is 0 Å². The quantitative estimate of drug-likeness (QED) is 0.398. The molecule has 0 N–H and O–H groups in total. The zero-order chi connectivity index (χ0) is 20.6. The van der Waals surface area contributed by atoms with Crippen molar-refractivity contribution in [2.24, 2.45) is 0 Å². The minimum Gasteiger partial charge on any atom is -0.443 e. The standard InChI is InChI=1S/C23H20ClN3O2/c1-23(2,3)29-22(28)27-19-5-4-17(15-6-10-25-11-7-15)21(24)18(19)14-20(27)16-8-12-26-13-9-16/h4-14H,1-3H3. The summed E-state index contributed by atoms with van der Waals surface area (Å²) >= 11 is 6.79. The summed E-state index contributed by atoms with van der Waals surface area (Å²) in [7, 11) is 0. The number of hydrogen-bond donors (Lipinski definition) is 0.